The number of halogens is 3. The summed E-state index contributed by atoms with van der Waals surface area (Å²) in [5, 5.41) is 6.12. The van der Waals surface area contributed by atoms with Crippen LogP contribution in [-0.2, 0) is 0 Å². The number of nitrogens with one attached hydrogen (secondary N) is 1. The van der Waals surface area contributed by atoms with Gasteiger partial charge in [0, 0.05) is 36.0 Å². The van der Waals surface area contributed by atoms with Crippen LogP contribution in [0, 0.1) is 6.92 Å². The van der Waals surface area contributed by atoms with Gasteiger partial charge in [-0.1, -0.05) is 11.6 Å². The van der Waals surface area contributed by atoms with Crippen molar-refractivity contribution in [2.75, 3.05) is 5.32 Å². The summed E-state index contributed by atoms with van der Waals surface area (Å²) in [6, 6.07) is 1.60. The SMILES string of the molecule is Cc1csc(-c2cc(Cl)nc(NC3CCC(F)(F)CC3)n2)n1. The highest BCUT2D eigenvalue weighted by molar-refractivity contribution is 7.13. The van der Waals surface area contributed by atoms with Crippen molar-refractivity contribution in [2.45, 2.75) is 44.6 Å². The molecule has 0 unspecified atom stereocenters. The van der Waals surface area contributed by atoms with E-state index < -0.39 is 5.92 Å². The predicted molar refractivity (Wildman–Crippen MR) is 83.7 cm³/mol. The quantitative estimate of drug-likeness (QED) is 0.830. The Morgan fingerprint density at radius 2 is 2.00 bits per heavy atom. The molecule has 3 rings (SSSR count). The molecule has 8 heteroatoms. The molecule has 0 bridgehead atoms. The Morgan fingerprint density at radius 1 is 1.27 bits per heavy atom. The summed E-state index contributed by atoms with van der Waals surface area (Å²) in [4.78, 5) is 12.9. The van der Waals surface area contributed by atoms with E-state index in [1.54, 1.807) is 6.07 Å². The lowest BCUT2D eigenvalue weighted by Crippen LogP contribution is -2.32. The molecule has 118 valence electrons. The molecule has 0 amide bonds. The first-order valence-electron chi connectivity index (χ1n) is 7.03. The summed E-state index contributed by atoms with van der Waals surface area (Å²) in [6.07, 6.45) is 0.580. The third kappa shape index (κ3) is 3.70. The maximum absolute atomic E-state index is 13.2. The van der Waals surface area contributed by atoms with Crippen LogP contribution < -0.4 is 5.32 Å². The summed E-state index contributed by atoms with van der Waals surface area (Å²) >= 11 is 7.51. The molecule has 1 aliphatic carbocycles. The molecule has 0 spiro atoms. The van der Waals surface area contributed by atoms with Gasteiger partial charge in [0.25, 0.3) is 0 Å². The lowest BCUT2D eigenvalue weighted by atomic mass is 9.92. The fourth-order valence-electron chi connectivity index (χ4n) is 2.43. The van der Waals surface area contributed by atoms with Gasteiger partial charge in [0.05, 0.1) is 0 Å². The minimum atomic E-state index is -2.54. The molecule has 4 nitrogen and oxygen atoms in total. The van der Waals surface area contributed by atoms with Crippen molar-refractivity contribution in [1.29, 1.82) is 0 Å². The number of nitrogens with zero attached hydrogens (tertiary/aromatic N) is 3. The van der Waals surface area contributed by atoms with Crippen LogP contribution in [0.15, 0.2) is 11.4 Å². The molecule has 0 aliphatic heterocycles. The number of thiazole rings is 1. The Hall–Kier alpha value is -1.34. The molecule has 22 heavy (non-hydrogen) atoms. The first-order valence-corrected chi connectivity index (χ1v) is 8.28. The molecule has 2 heterocycles. The van der Waals surface area contributed by atoms with Crippen LogP contribution in [0.3, 0.4) is 0 Å². The molecular formula is C14H15ClF2N4S. The topological polar surface area (TPSA) is 50.7 Å². The molecule has 1 saturated carbocycles. The zero-order valence-electron chi connectivity index (χ0n) is 11.9. The number of rotatable bonds is 3. The van der Waals surface area contributed by atoms with E-state index in [0.29, 0.717) is 29.6 Å². The monoisotopic (exact) mass is 344 g/mol. The standard InChI is InChI=1S/C14H15ClF2N4S/c1-8-7-22-12(18-8)10-6-11(15)21-13(20-10)19-9-2-4-14(16,17)5-3-9/h6-7,9H,2-5H2,1H3,(H,19,20,21). The Morgan fingerprint density at radius 3 is 2.64 bits per heavy atom. The zero-order chi connectivity index (χ0) is 15.7. The van der Waals surface area contributed by atoms with Gasteiger partial charge in [-0.25, -0.2) is 23.7 Å². The highest BCUT2D eigenvalue weighted by Gasteiger charge is 2.35. The number of alkyl halides is 2. The lowest BCUT2D eigenvalue weighted by molar-refractivity contribution is -0.0361. The second-order valence-corrected chi connectivity index (χ2v) is 6.71. The maximum Gasteiger partial charge on any atom is 0.248 e. The van der Waals surface area contributed by atoms with Crippen molar-refractivity contribution in [3.63, 3.8) is 0 Å². The van der Waals surface area contributed by atoms with Crippen LogP contribution in [0.2, 0.25) is 5.15 Å². The maximum atomic E-state index is 13.2. The number of aromatic nitrogens is 3. The molecule has 1 fully saturated rings. The van der Waals surface area contributed by atoms with Crippen LogP contribution in [-0.4, -0.2) is 26.9 Å². The van der Waals surface area contributed by atoms with Gasteiger partial charge < -0.3 is 5.32 Å². The number of anilines is 1. The first kappa shape index (κ1) is 15.6. The van der Waals surface area contributed by atoms with E-state index in [4.69, 9.17) is 11.6 Å². The third-order valence-electron chi connectivity index (χ3n) is 3.58. The van der Waals surface area contributed by atoms with Crippen molar-refractivity contribution in [3.8, 4) is 10.7 Å². The van der Waals surface area contributed by atoms with Gasteiger partial charge in [0.2, 0.25) is 11.9 Å². The first-order chi connectivity index (χ1) is 10.4. The summed E-state index contributed by atoms with van der Waals surface area (Å²) < 4.78 is 26.4. The summed E-state index contributed by atoms with van der Waals surface area (Å²) in [5.41, 5.74) is 1.56. The normalized spacial score (nSPS) is 18.4. The van der Waals surface area contributed by atoms with Crippen molar-refractivity contribution < 1.29 is 8.78 Å². The largest absolute Gasteiger partial charge is 0.351 e. The smallest absolute Gasteiger partial charge is 0.248 e. The Bertz CT molecular complexity index is 667. The van der Waals surface area contributed by atoms with Gasteiger partial charge in [0.1, 0.15) is 15.9 Å². The van der Waals surface area contributed by atoms with Crippen LogP contribution in [0.25, 0.3) is 10.7 Å². The van der Waals surface area contributed by atoms with Crippen molar-refractivity contribution in [3.05, 3.63) is 22.3 Å². The molecule has 0 atom stereocenters. The number of hydrogen-bond donors (Lipinski definition) is 1. The van der Waals surface area contributed by atoms with Crippen molar-refractivity contribution >= 4 is 28.9 Å². The third-order valence-corrected chi connectivity index (χ3v) is 4.76. The van der Waals surface area contributed by atoms with E-state index in [1.165, 1.54) is 11.3 Å². The average Bonchev–Trinajstić information content (AvgIpc) is 2.87. The average molecular weight is 345 g/mol. The minimum absolute atomic E-state index is 0.0519. The van der Waals surface area contributed by atoms with E-state index in [1.807, 2.05) is 12.3 Å². The summed E-state index contributed by atoms with van der Waals surface area (Å²) in [5.74, 6) is -2.18. The van der Waals surface area contributed by atoms with Gasteiger partial charge in [0.15, 0.2) is 0 Å². The fourth-order valence-corrected chi connectivity index (χ4v) is 3.37. The molecule has 2 aromatic rings. The van der Waals surface area contributed by atoms with Gasteiger partial charge in [-0.05, 0) is 19.8 Å². The summed E-state index contributed by atoms with van der Waals surface area (Å²) in [6.45, 7) is 1.91. The van der Waals surface area contributed by atoms with Gasteiger partial charge in [-0.15, -0.1) is 11.3 Å². The van der Waals surface area contributed by atoms with Gasteiger partial charge in [-0.2, -0.15) is 0 Å². The zero-order valence-corrected chi connectivity index (χ0v) is 13.5. The Balaban J connectivity index is 1.76. The highest BCUT2D eigenvalue weighted by Crippen LogP contribution is 2.34. The van der Waals surface area contributed by atoms with Crippen LogP contribution in [0.1, 0.15) is 31.4 Å². The van der Waals surface area contributed by atoms with E-state index in [2.05, 4.69) is 20.3 Å². The summed E-state index contributed by atoms with van der Waals surface area (Å²) in [7, 11) is 0. The molecule has 0 radical (unpaired) electrons. The number of hydrogen-bond acceptors (Lipinski definition) is 5. The highest BCUT2D eigenvalue weighted by atomic mass is 35.5. The van der Waals surface area contributed by atoms with E-state index in [9.17, 15) is 8.78 Å². The second-order valence-electron chi connectivity index (χ2n) is 5.47. The van der Waals surface area contributed by atoms with Crippen molar-refractivity contribution in [2.24, 2.45) is 0 Å². The van der Waals surface area contributed by atoms with E-state index in [0.717, 1.165) is 10.7 Å². The van der Waals surface area contributed by atoms with E-state index >= 15 is 0 Å². The van der Waals surface area contributed by atoms with Crippen LogP contribution >= 0.6 is 22.9 Å². The molecular weight excluding hydrogens is 330 g/mol. The molecule has 0 aromatic carbocycles. The van der Waals surface area contributed by atoms with Gasteiger partial charge in [-0.3, -0.25) is 0 Å². The van der Waals surface area contributed by atoms with Crippen molar-refractivity contribution in [1.82, 2.24) is 15.0 Å². The Labute approximate surface area is 136 Å². The molecule has 0 saturated heterocycles. The fraction of sp³-hybridized carbons (Fsp3) is 0.500. The Kier molecular flexibility index (Phi) is 4.27. The lowest BCUT2D eigenvalue weighted by Gasteiger charge is -2.28. The predicted octanol–water partition coefficient (Wildman–Crippen LogP) is 4.55. The number of aryl methyl sites for hydroxylation is 1. The molecule has 2 aromatic heterocycles. The van der Waals surface area contributed by atoms with E-state index in [-0.39, 0.29) is 18.9 Å². The van der Waals surface area contributed by atoms with Crippen LogP contribution in [0.4, 0.5) is 14.7 Å². The van der Waals surface area contributed by atoms with Gasteiger partial charge >= 0.3 is 0 Å². The minimum Gasteiger partial charge on any atom is -0.351 e. The van der Waals surface area contributed by atoms with Crippen LogP contribution in [0.5, 0.6) is 0 Å². The molecule has 1 N–H and O–H groups in total. The molecule has 1 aliphatic rings. The second kappa shape index (κ2) is 6.04.